The van der Waals surface area contributed by atoms with Crippen LogP contribution in [-0.2, 0) is 6.54 Å². The summed E-state index contributed by atoms with van der Waals surface area (Å²) in [7, 11) is 0. The molecule has 1 aliphatic rings. The number of carbonyl (C=O) groups excluding carboxylic acids is 1. The molecule has 0 radical (unpaired) electrons. The highest BCUT2D eigenvalue weighted by atomic mass is 35.5. The predicted octanol–water partition coefficient (Wildman–Crippen LogP) is 7.37. The van der Waals surface area contributed by atoms with Crippen LogP contribution in [0.25, 0.3) is 10.8 Å². The zero-order chi connectivity index (χ0) is 24.4. The van der Waals surface area contributed by atoms with Crippen LogP contribution >= 0.6 is 34.8 Å². The third kappa shape index (κ3) is 5.26. The number of benzene rings is 4. The van der Waals surface area contributed by atoms with Gasteiger partial charge in [0.15, 0.2) is 0 Å². The van der Waals surface area contributed by atoms with Crippen molar-refractivity contribution in [1.29, 1.82) is 0 Å². The van der Waals surface area contributed by atoms with E-state index < -0.39 is 0 Å². The van der Waals surface area contributed by atoms with Crippen LogP contribution in [0, 0.1) is 0 Å². The van der Waals surface area contributed by atoms with Gasteiger partial charge in [-0.15, -0.1) is 0 Å². The fourth-order valence-corrected chi connectivity index (χ4v) is 5.26. The van der Waals surface area contributed by atoms with Crippen LogP contribution in [0.15, 0.2) is 78.9 Å². The molecule has 0 spiro atoms. The molecule has 0 saturated carbocycles. The number of nitrogens with zero attached hydrogens (tertiary/aromatic N) is 2. The van der Waals surface area contributed by atoms with E-state index >= 15 is 0 Å². The number of hydrogen-bond donors (Lipinski definition) is 1. The molecule has 35 heavy (non-hydrogen) atoms. The normalized spacial score (nSPS) is 14.3. The number of nitrogens with one attached hydrogen (secondary N) is 1. The molecule has 1 heterocycles. The van der Waals surface area contributed by atoms with Crippen molar-refractivity contribution in [3.8, 4) is 0 Å². The summed E-state index contributed by atoms with van der Waals surface area (Å²) in [5.41, 5.74) is 3.34. The van der Waals surface area contributed by atoms with Crippen LogP contribution in [0.5, 0.6) is 0 Å². The number of rotatable bonds is 5. The molecular weight excluding hydrogens is 501 g/mol. The van der Waals surface area contributed by atoms with E-state index in [2.05, 4.69) is 21.2 Å². The zero-order valence-corrected chi connectivity index (χ0v) is 21.2. The minimum atomic E-state index is -0.199. The second kappa shape index (κ2) is 10.5. The Morgan fingerprint density at radius 1 is 0.743 bits per heavy atom. The van der Waals surface area contributed by atoms with Crippen molar-refractivity contribution in [2.75, 3.05) is 36.4 Å². The number of piperazine rings is 1. The van der Waals surface area contributed by atoms with Crippen molar-refractivity contribution in [3.63, 3.8) is 0 Å². The van der Waals surface area contributed by atoms with Gasteiger partial charge in [-0.05, 0) is 47.3 Å². The van der Waals surface area contributed by atoms with Gasteiger partial charge in [0.25, 0.3) is 5.91 Å². The summed E-state index contributed by atoms with van der Waals surface area (Å²) in [5.74, 6) is -0.199. The highest BCUT2D eigenvalue weighted by Crippen LogP contribution is 2.31. The van der Waals surface area contributed by atoms with Gasteiger partial charge < -0.3 is 10.2 Å². The van der Waals surface area contributed by atoms with E-state index in [4.69, 9.17) is 34.8 Å². The summed E-state index contributed by atoms with van der Waals surface area (Å²) >= 11 is 19.3. The average Bonchev–Trinajstić information content (AvgIpc) is 2.86. The second-order valence-electron chi connectivity index (χ2n) is 8.62. The lowest BCUT2D eigenvalue weighted by molar-refractivity contribution is 0.102. The van der Waals surface area contributed by atoms with E-state index in [1.807, 2.05) is 66.7 Å². The lowest BCUT2D eigenvalue weighted by atomic mass is 10.0. The Labute approximate surface area is 220 Å². The zero-order valence-electron chi connectivity index (χ0n) is 19.0. The van der Waals surface area contributed by atoms with Gasteiger partial charge in [0, 0.05) is 59.4 Å². The third-order valence-electron chi connectivity index (χ3n) is 6.38. The van der Waals surface area contributed by atoms with Gasteiger partial charge in [-0.25, -0.2) is 0 Å². The van der Waals surface area contributed by atoms with Crippen LogP contribution in [0.3, 0.4) is 0 Å². The molecule has 1 saturated heterocycles. The number of carbonyl (C=O) groups is 1. The molecule has 0 unspecified atom stereocenters. The highest BCUT2D eigenvalue weighted by Gasteiger charge is 2.20. The largest absolute Gasteiger partial charge is 0.368 e. The Morgan fingerprint density at radius 2 is 1.46 bits per heavy atom. The molecule has 178 valence electrons. The molecule has 1 aliphatic heterocycles. The Kier molecular flexibility index (Phi) is 7.17. The van der Waals surface area contributed by atoms with E-state index in [1.54, 1.807) is 6.07 Å². The maximum Gasteiger partial charge on any atom is 0.256 e. The van der Waals surface area contributed by atoms with Crippen molar-refractivity contribution >= 4 is 62.9 Å². The third-order valence-corrected chi connectivity index (χ3v) is 7.38. The maximum atomic E-state index is 13.0. The quantitative estimate of drug-likeness (QED) is 0.296. The molecule has 1 amide bonds. The van der Waals surface area contributed by atoms with Crippen molar-refractivity contribution < 1.29 is 4.79 Å². The maximum absolute atomic E-state index is 13.0. The molecule has 4 aromatic carbocycles. The van der Waals surface area contributed by atoms with E-state index in [0.29, 0.717) is 21.3 Å². The summed E-state index contributed by atoms with van der Waals surface area (Å²) < 4.78 is 0. The fourth-order valence-electron chi connectivity index (χ4n) is 4.52. The van der Waals surface area contributed by atoms with Crippen LogP contribution in [0.4, 0.5) is 11.4 Å². The Morgan fingerprint density at radius 3 is 2.23 bits per heavy atom. The molecule has 0 bridgehead atoms. The van der Waals surface area contributed by atoms with Crippen molar-refractivity contribution in [1.82, 2.24) is 4.90 Å². The number of hydrogen-bond acceptors (Lipinski definition) is 3. The van der Waals surface area contributed by atoms with Crippen molar-refractivity contribution in [2.24, 2.45) is 0 Å². The van der Waals surface area contributed by atoms with Gasteiger partial charge >= 0.3 is 0 Å². The smallest absolute Gasteiger partial charge is 0.256 e. The topological polar surface area (TPSA) is 35.6 Å². The lowest BCUT2D eigenvalue weighted by Crippen LogP contribution is -2.46. The predicted molar refractivity (Wildman–Crippen MR) is 147 cm³/mol. The Bertz CT molecular complexity index is 1380. The Balaban J connectivity index is 1.25. The summed E-state index contributed by atoms with van der Waals surface area (Å²) in [4.78, 5) is 17.7. The van der Waals surface area contributed by atoms with Gasteiger partial charge in [0.05, 0.1) is 10.7 Å². The van der Waals surface area contributed by atoms with E-state index in [1.165, 1.54) is 0 Å². The summed E-state index contributed by atoms with van der Waals surface area (Å²) in [5, 5.41) is 6.68. The summed E-state index contributed by atoms with van der Waals surface area (Å²) in [6.07, 6.45) is 0. The van der Waals surface area contributed by atoms with E-state index in [-0.39, 0.29) is 5.91 Å². The van der Waals surface area contributed by atoms with Crippen LogP contribution in [0.2, 0.25) is 15.1 Å². The van der Waals surface area contributed by atoms with Gasteiger partial charge in [0.1, 0.15) is 0 Å². The first kappa shape index (κ1) is 24.0. The van der Waals surface area contributed by atoms with E-state index in [9.17, 15) is 4.79 Å². The monoisotopic (exact) mass is 523 g/mol. The number of halogens is 3. The molecular formula is C28H24Cl3N3O. The van der Waals surface area contributed by atoms with Gasteiger partial charge in [-0.2, -0.15) is 0 Å². The standard InChI is InChI=1S/C28H24Cl3N3O/c29-24-9-2-1-5-19(24)18-33-13-15-34(16-14-33)27-12-11-20(17-26(27)31)32-28(35)23-8-3-7-22-21(23)6-4-10-25(22)30/h1-12,17H,13-16,18H2,(H,32,35). The van der Waals surface area contributed by atoms with Gasteiger partial charge in [-0.1, -0.05) is 77.3 Å². The molecule has 7 heteroatoms. The second-order valence-corrected chi connectivity index (χ2v) is 9.84. The number of fused-ring (bicyclic) bond motifs is 1. The van der Waals surface area contributed by atoms with Crippen molar-refractivity contribution in [2.45, 2.75) is 6.54 Å². The minimum Gasteiger partial charge on any atom is -0.368 e. The first-order valence-electron chi connectivity index (χ1n) is 11.5. The molecule has 1 fully saturated rings. The first-order valence-corrected chi connectivity index (χ1v) is 12.6. The van der Waals surface area contributed by atoms with Crippen LogP contribution in [-0.4, -0.2) is 37.0 Å². The molecule has 0 atom stereocenters. The number of amides is 1. The Hall–Kier alpha value is -2.76. The first-order chi connectivity index (χ1) is 17.0. The lowest BCUT2D eigenvalue weighted by Gasteiger charge is -2.36. The highest BCUT2D eigenvalue weighted by molar-refractivity contribution is 6.36. The SMILES string of the molecule is O=C(Nc1ccc(N2CCN(Cc3ccccc3Cl)CC2)c(Cl)c1)c1cccc2c(Cl)cccc12. The van der Waals surface area contributed by atoms with Gasteiger partial charge in [-0.3, -0.25) is 9.69 Å². The average molecular weight is 525 g/mol. The van der Waals surface area contributed by atoms with Crippen LogP contribution < -0.4 is 10.2 Å². The summed E-state index contributed by atoms with van der Waals surface area (Å²) in [6, 6.07) is 24.8. The van der Waals surface area contributed by atoms with E-state index in [0.717, 1.165) is 59.8 Å². The fraction of sp³-hybridized carbons (Fsp3) is 0.179. The van der Waals surface area contributed by atoms with Crippen LogP contribution in [0.1, 0.15) is 15.9 Å². The van der Waals surface area contributed by atoms with Crippen molar-refractivity contribution in [3.05, 3.63) is 105 Å². The molecule has 1 N–H and O–H groups in total. The molecule has 5 rings (SSSR count). The molecule has 4 nitrogen and oxygen atoms in total. The minimum absolute atomic E-state index is 0.199. The molecule has 0 aliphatic carbocycles. The summed E-state index contributed by atoms with van der Waals surface area (Å²) in [6.45, 7) is 4.41. The molecule has 0 aromatic heterocycles. The van der Waals surface area contributed by atoms with Gasteiger partial charge in [0.2, 0.25) is 0 Å². The number of anilines is 2. The molecule has 4 aromatic rings.